The molecular formula is C35H36N4O5. The van der Waals surface area contributed by atoms with Crippen molar-refractivity contribution in [3.63, 3.8) is 0 Å². The summed E-state index contributed by atoms with van der Waals surface area (Å²) < 4.78 is 0. The zero-order valence-corrected chi connectivity index (χ0v) is 24.2. The van der Waals surface area contributed by atoms with Crippen molar-refractivity contribution < 1.29 is 25.4 Å². The first kappa shape index (κ1) is 30.5. The fourth-order valence-corrected chi connectivity index (χ4v) is 5.89. The lowest BCUT2D eigenvalue weighted by molar-refractivity contribution is -0.0408. The highest BCUT2D eigenvalue weighted by molar-refractivity contribution is 5.80. The Morgan fingerprint density at radius 1 is 0.568 bits per heavy atom. The molecule has 1 aliphatic rings. The van der Waals surface area contributed by atoms with Gasteiger partial charge in [-0.1, -0.05) is 107 Å². The monoisotopic (exact) mass is 592 g/mol. The molecule has 1 fully saturated rings. The first-order valence-electron chi connectivity index (χ1n) is 14.5. The number of nitrogens with zero attached hydrogens (tertiary/aromatic N) is 4. The number of rotatable bonds is 10. The van der Waals surface area contributed by atoms with Gasteiger partial charge >= 0.3 is 6.03 Å². The number of urea groups is 1. The number of aliphatic hydroxyl groups excluding tert-OH is 2. The first-order valence-corrected chi connectivity index (χ1v) is 14.5. The van der Waals surface area contributed by atoms with Crippen LogP contribution in [0, 0.1) is 0 Å². The van der Waals surface area contributed by atoms with E-state index in [4.69, 9.17) is 10.4 Å². The number of aliphatic hydroxyl groups is 2. The summed E-state index contributed by atoms with van der Waals surface area (Å²) in [6.45, 7) is 0.304. The van der Waals surface area contributed by atoms with Crippen LogP contribution in [0.25, 0.3) is 0 Å². The third-order valence-electron chi connectivity index (χ3n) is 8.03. The lowest BCUT2D eigenvalue weighted by Gasteiger charge is -2.36. The number of hydrogen-bond donors (Lipinski definition) is 4. The molecule has 1 heterocycles. The van der Waals surface area contributed by atoms with Crippen LogP contribution in [0.3, 0.4) is 0 Å². The Kier molecular flexibility index (Phi) is 10.0. The summed E-state index contributed by atoms with van der Waals surface area (Å²) in [6, 6.07) is 32.0. The Morgan fingerprint density at radius 2 is 0.955 bits per heavy atom. The predicted molar refractivity (Wildman–Crippen MR) is 168 cm³/mol. The molecule has 0 spiro atoms. The van der Waals surface area contributed by atoms with Gasteiger partial charge in [-0.25, -0.2) is 4.79 Å². The molecule has 0 aromatic heterocycles. The molecule has 1 aliphatic heterocycles. The second kappa shape index (κ2) is 14.5. The van der Waals surface area contributed by atoms with Crippen LogP contribution in [-0.4, -0.2) is 73.2 Å². The van der Waals surface area contributed by atoms with Crippen molar-refractivity contribution in [2.45, 2.75) is 50.2 Å². The molecule has 44 heavy (non-hydrogen) atoms. The smallest absolute Gasteiger partial charge is 0.321 e. The zero-order chi connectivity index (χ0) is 30.9. The molecule has 4 atom stereocenters. The van der Waals surface area contributed by atoms with Gasteiger partial charge in [-0.2, -0.15) is 0 Å². The molecule has 0 unspecified atom stereocenters. The highest BCUT2D eigenvalue weighted by Crippen LogP contribution is 2.30. The summed E-state index contributed by atoms with van der Waals surface area (Å²) in [5.74, 6) is 0. The van der Waals surface area contributed by atoms with E-state index >= 15 is 0 Å². The number of hydrogen-bond acceptors (Lipinski definition) is 7. The quantitative estimate of drug-likeness (QED) is 0.121. The van der Waals surface area contributed by atoms with Crippen molar-refractivity contribution in [3.05, 3.63) is 143 Å². The van der Waals surface area contributed by atoms with E-state index in [0.29, 0.717) is 24.0 Å². The minimum absolute atomic E-state index is 0.152. The van der Waals surface area contributed by atoms with Gasteiger partial charge in [-0.15, -0.1) is 0 Å². The van der Waals surface area contributed by atoms with Crippen molar-refractivity contribution >= 4 is 18.5 Å². The molecule has 5 rings (SSSR count). The lowest BCUT2D eigenvalue weighted by Crippen LogP contribution is -2.50. The van der Waals surface area contributed by atoms with Crippen molar-refractivity contribution in [3.8, 4) is 0 Å². The molecule has 9 heteroatoms. The van der Waals surface area contributed by atoms with Gasteiger partial charge in [0, 0.05) is 13.1 Å². The number of benzene rings is 4. The standard InChI is InChI=1S/C35H36N4O5/c40-33-31(19-25-9-3-1-4-10-25)38(23-29-15-7-13-27(17-29)21-36-43)35(42)39(24-30-16-8-14-28(18-30)22-37-44)32(34(33)41)20-26-11-5-2-6-12-26/h1-18,21-22,31-34,40-41,43-44H,19-20,23-24H2/b36-21+,37-22+/t31-,32-,33+,34+/m1/s1. The van der Waals surface area contributed by atoms with E-state index in [9.17, 15) is 15.0 Å². The van der Waals surface area contributed by atoms with E-state index in [2.05, 4.69) is 10.3 Å². The summed E-state index contributed by atoms with van der Waals surface area (Å²) in [6.07, 6.45) is 0.784. The normalized spacial score (nSPS) is 20.8. The Labute approximate surface area is 256 Å². The fraction of sp³-hybridized carbons (Fsp3) is 0.229. The van der Waals surface area contributed by atoms with Crippen LogP contribution in [0.4, 0.5) is 4.79 Å². The Hall–Kier alpha value is -4.99. The van der Waals surface area contributed by atoms with Crippen LogP contribution < -0.4 is 0 Å². The van der Waals surface area contributed by atoms with Gasteiger partial charge < -0.3 is 30.4 Å². The molecule has 0 aliphatic carbocycles. The minimum atomic E-state index is -1.26. The Morgan fingerprint density at radius 3 is 1.34 bits per heavy atom. The van der Waals surface area contributed by atoms with Gasteiger partial charge in [0.1, 0.15) is 12.2 Å². The van der Waals surface area contributed by atoms with E-state index in [1.54, 1.807) is 21.9 Å². The Balaban J connectivity index is 1.60. The molecule has 0 radical (unpaired) electrons. The van der Waals surface area contributed by atoms with Crippen LogP contribution in [0.1, 0.15) is 33.4 Å². The van der Waals surface area contributed by atoms with Crippen molar-refractivity contribution in [1.29, 1.82) is 0 Å². The molecule has 2 amide bonds. The maximum Gasteiger partial charge on any atom is 0.321 e. The zero-order valence-electron chi connectivity index (χ0n) is 24.2. The van der Waals surface area contributed by atoms with E-state index < -0.39 is 24.3 Å². The maximum absolute atomic E-state index is 14.8. The van der Waals surface area contributed by atoms with Gasteiger partial charge in [-0.3, -0.25) is 0 Å². The summed E-state index contributed by atoms with van der Waals surface area (Å²) in [5.41, 5.74) is 4.72. The summed E-state index contributed by atoms with van der Waals surface area (Å²) >= 11 is 0. The van der Waals surface area contributed by atoms with Crippen molar-refractivity contribution in [2.24, 2.45) is 10.3 Å². The Bertz CT molecular complexity index is 1460. The molecular weight excluding hydrogens is 556 g/mol. The van der Waals surface area contributed by atoms with E-state index in [1.807, 2.05) is 97.1 Å². The average Bonchev–Trinajstić information content (AvgIpc) is 3.10. The van der Waals surface area contributed by atoms with Gasteiger partial charge in [0.05, 0.1) is 24.5 Å². The second-order valence-corrected chi connectivity index (χ2v) is 11.0. The van der Waals surface area contributed by atoms with Crippen LogP contribution in [0.15, 0.2) is 120 Å². The van der Waals surface area contributed by atoms with Crippen molar-refractivity contribution in [1.82, 2.24) is 9.80 Å². The average molecular weight is 593 g/mol. The lowest BCUT2D eigenvalue weighted by atomic mass is 9.91. The number of carbonyl (C=O) groups excluding carboxylic acids is 1. The first-order chi connectivity index (χ1) is 21.5. The van der Waals surface area contributed by atoms with Gasteiger partial charge in [0.25, 0.3) is 0 Å². The van der Waals surface area contributed by atoms with Crippen LogP contribution >= 0.6 is 0 Å². The SMILES string of the molecule is O=C1N(Cc2cccc(/C=N/O)c2)[C@H](Cc2ccccc2)[C@H](O)[C@@H](O)[C@@H](Cc2ccccc2)N1Cc1cccc(/C=N/O)c1. The second-order valence-electron chi connectivity index (χ2n) is 11.0. The molecule has 4 aromatic rings. The molecule has 1 saturated heterocycles. The molecule has 0 bridgehead atoms. The van der Waals surface area contributed by atoms with Gasteiger partial charge in [0.2, 0.25) is 0 Å². The third kappa shape index (κ3) is 7.31. The third-order valence-corrected chi connectivity index (χ3v) is 8.03. The largest absolute Gasteiger partial charge is 0.411 e. The fourth-order valence-electron chi connectivity index (χ4n) is 5.89. The molecule has 226 valence electrons. The summed E-state index contributed by atoms with van der Waals surface area (Å²) in [5, 5.41) is 48.1. The maximum atomic E-state index is 14.8. The number of carbonyl (C=O) groups is 1. The predicted octanol–water partition coefficient (Wildman–Crippen LogP) is 4.69. The topological polar surface area (TPSA) is 129 Å². The highest BCUT2D eigenvalue weighted by Gasteiger charge is 2.46. The number of amides is 2. The molecule has 9 nitrogen and oxygen atoms in total. The van der Waals surface area contributed by atoms with Crippen LogP contribution in [0.2, 0.25) is 0 Å². The van der Waals surface area contributed by atoms with E-state index in [0.717, 1.165) is 22.3 Å². The van der Waals surface area contributed by atoms with E-state index in [-0.39, 0.29) is 19.1 Å². The minimum Gasteiger partial charge on any atom is -0.411 e. The van der Waals surface area contributed by atoms with Crippen LogP contribution in [0.5, 0.6) is 0 Å². The van der Waals surface area contributed by atoms with Crippen molar-refractivity contribution in [2.75, 3.05) is 0 Å². The molecule has 4 N–H and O–H groups in total. The van der Waals surface area contributed by atoms with E-state index in [1.165, 1.54) is 12.4 Å². The molecule has 4 aromatic carbocycles. The highest BCUT2D eigenvalue weighted by atomic mass is 16.4. The van der Waals surface area contributed by atoms with Gasteiger partial charge in [0.15, 0.2) is 0 Å². The van der Waals surface area contributed by atoms with Gasteiger partial charge in [-0.05, 0) is 58.4 Å². The summed E-state index contributed by atoms with van der Waals surface area (Å²) in [4.78, 5) is 18.0. The summed E-state index contributed by atoms with van der Waals surface area (Å²) in [7, 11) is 0. The molecule has 0 saturated carbocycles. The number of oxime groups is 2. The van der Waals surface area contributed by atoms with Crippen LogP contribution in [-0.2, 0) is 25.9 Å².